The van der Waals surface area contributed by atoms with Gasteiger partial charge in [0.05, 0.1) is 11.9 Å². The molecule has 0 spiro atoms. The number of hydrogen-bond donors (Lipinski definition) is 1. The second-order valence-electron chi connectivity index (χ2n) is 6.66. The Morgan fingerprint density at radius 3 is 2.31 bits per heavy atom. The topological polar surface area (TPSA) is 66.5 Å². The van der Waals surface area contributed by atoms with Crippen LogP contribution in [-0.2, 0) is 14.8 Å². The number of aryl methyl sites for hydroxylation is 1. The molecule has 0 atom stereocenters. The maximum absolute atomic E-state index is 12.8. The van der Waals surface area contributed by atoms with Crippen molar-refractivity contribution in [2.75, 3.05) is 22.4 Å². The second-order valence-corrected chi connectivity index (χ2v) is 9.42. The molecule has 0 bridgehead atoms. The smallest absolute Gasteiger partial charge is 0.245 e. The summed E-state index contributed by atoms with van der Waals surface area (Å²) in [6.45, 7) is 1.55. The van der Waals surface area contributed by atoms with Crippen LogP contribution in [0.1, 0.15) is 5.56 Å². The van der Waals surface area contributed by atoms with Crippen LogP contribution < -0.4 is 9.62 Å². The van der Waals surface area contributed by atoms with Gasteiger partial charge in [-0.25, -0.2) is 8.42 Å². The van der Waals surface area contributed by atoms with E-state index in [1.54, 1.807) is 24.3 Å². The van der Waals surface area contributed by atoms with Gasteiger partial charge in [0.2, 0.25) is 15.9 Å². The largest absolute Gasteiger partial charge is 0.324 e. The number of para-hydroxylation sites is 1. The monoisotopic (exact) mass is 472 g/mol. The number of amides is 1. The molecule has 1 amide bonds. The van der Waals surface area contributed by atoms with E-state index in [0.29, 0.717) is 11.4 Å². The van der Waals surface area contributed by atoms with Crippen molar-refractivity contribution in [2.24, 2.45) is 0 Å². The van der Waals surface area contributed by atoms with Crippen LogP contribution in [0.25, 0.3) is 11.1 Å². The third kappa shape index (κ3) is 5.25. The quantitative estimate of drug-likeness (QED) is 0.558. The molecule has 0 fully saturated rings. The summed E-state index contributed by atoms with van der Waals surface area (Å²) >= 11 is 3.41. The number of halogens is 1. The average molecular weight is 473 g/mol. The van der Waals surface area contributed by atoms with Gasteiger partial charge in [-0.05, 0) is 42.3 Å². The maximum atomic E-state index is 12.8. The minimum absolute atomic E-state index is 0.316. The summed E-state index contributed by atoms with van der Waals surface area (Å²) in [7, 11) is -3.64. The van der Waals surface area contributed by atoms with Crippen LogP contribution in [-0.4, -0.2) is 27.1 Å². The summed E-state index contributed by atoms with van der Waals surface area (Å²) in [4.78, 5) is 12.8. The molecule has 1 N–H and O–H groups in total. The highest BCUT2D eigenvalue weighted by molar-refractivity contribution is 9.10. The lowest BCUT2D eigenvalue weighted by Gasteiger charge is -2.23. The first kappa shape index (κ1) is 21.1. The number of sulfonamides is 1. The van der Waals surface area contributed by atoms with E-state index in [1.807, 2.05) is 55.5 Å². The first-order valence-electron chi connectivity index (χ1n) is 8.94. The highest BCUT2D eigenvalue weighted by Gasteiger charge is 2.22. The highest BCUT2D eigenvalue weighted by Crippen LogP contribution is 2.28. The molecule has 0 aliphatic rings. The van der Waals surface area contributed by atoms with E-state index in [0.717, 1.165) is 31.7 Å². The van der Waals surface area contributed by atoms with Crippen LogP contribution >= 0.6 is 15.9 Å². The molecule has 150 valence electrons. The van der Waals surface area contributed by atoms with Crippen molar-refractivity contribution in [3.8, 4) is 11.1 Å². The molecule has 0 aliphatic heterocycles. The molecule has 0 heterocycles. The van der Waals surface area contributed by atoms with Crippen molar-refractivity contribution in [3.05, 3.63) is 82.8 Å². The van der Waals surface area contributed by atoms with Crippen LogP contribution in [0.3, 0.4) is 0 Å². The van der Waals surface area contributed by atoms with Crippen molar-refractivity contribution >= 4 is 43.2 Å². The highest BCUT2D eigenvalue weighted by atomic mass is 79.9. The fourth-order valence-electron chi connectivity index (χ4n) is 2.97. The number of carbonyl (C=O) groups is 1. The number of nitrogens with zero attached hydrogens (tertiary/aromatic N) is 1. The minimum atomic E-state index is -3.64. The summed E-state index contributed by atoms with van der Waals surface area (Å²) in [6, 6.07) is 22.3. The Morgan fingerprint density at radius 1 is 1.00 bits per heavy atom. The lowest BCUT2D eigenvalue weighted by Crippen LogP contribution is -2.37. The minimum Gasteiger partial charge on any atom is -0.324 e. The number of rotatable bonds is 6. The Morgan fingerprint density at radius 2 is 1.66 bits per heavy atom. The van der Waals surface area contributed by atoms with Crippen molar-refractivity contribution in [1.29, 1.82) is 0 Å². The molecule has 0 saturated heterocycles. The zero-order valence-corrected chi connectivity index (χ0v) is 18.5. The SMILES string of the molecule is Cc1cc(N(CC(=O)Nc2ccccc2-c2ccccc2)S(C)(=O)=O)ccc1Br. The molecule has 29 heavy (non-hydrogen) atoms. The number of nitrogens with one attached hydrogen (secondary N) is 1. The van der Waals surface area contributed by atoms with Crippen molar-refractivity contribution < 1.29 is 13.2 Å². The fourth-order valence-corrected chi connectivity index (χ4v) is 4.06. The van der Waals surface area contributed by atoms with E-state index in [-0.39, 0.29) is 6.54 Å². The van der Waals surface area contributed by atoms with Gasteiger partial charge in [0.1, 0.15) is 6.54 Å². The number of carbonyl (C=O) groups excluding carboxylic acids is 1. The van der Waals surface area contributed by atoms with Crippen LogP contribution in [0.2, 0.25) is 0 Å². The molecule has 3 aromatic rings. The Balaban J connectivity index is 1.86. The third-order valence-corrected chi connectivity index (χ3v) is 6.43. The lowest BCUT2D eigenvalue weighted by atomic mass is 10.0. The standard InChI is InChI=1S/C22H21BrN2O3S/c1-16-14-18(12-13-20(16)23)25(29(2,27)28)15-22(26)24-21-11-7-6-10-19(21)17-8-4-3-5-9-17/h3-14H,15H2,1-2H3,(H,24,26). The van der Waals surface area contributed by atoms with Crippen molar-refractivity contribution in [3.63, 3.8) is 0 Å². The summed E-state index contributed by atoms with van der Waals surface area (Å²) in [5.41, 5.74) is 3.79. The average Bonchev–Trinajstić information content (AvgIpc) is 2.69. The molecule has 0 aromatic heterocycles. The normalized spacial score (nSPS) is 11.1. The van der Waals surface area contributed by atoms with Gasteiger partial charge in [0.25, 0.3) is 0 Å². The van der Waals surface area contributed by atoms with E-state index >= 15 is 0 Å². The lowest BCUT2D eigenvalue weighted by molar-refractivity contribution is -0.114. The predicted octanol–water partition coefficient (Wildman–Crippen LogP) is 4.83. The molecule has 3 aromatic carbocycles. The van der Waals surface area contributed by atoms with Gasteiger partial charge in [-0.15, -0.1) is 0 Å². The van der Waals surface area contributed by atoms with Crippen LogP contribution in [0.5, 0.6) is 0 Å². The Labute approximate surface area is 179 Å². The second kappa shape index (κ2) is 8.80. The van der Waals surface area contributed by atoms with Gasteiger partial charge in [-0.3, -0.25) is 9.10 Å². The number of hydrogen-bond acceptors (Lipinski definition) is 3. The zero-order chi connectivity index (χ0) is 21.0. The fraction of sp³-hybridized carbons (Fsp3) is 0.136. The van der Waals surface area contributed by atoms with Crippen LogP contribution in [0.4, 0.5) is 11.4 Å². The summed E-state index contributed by atoms with van der Waals surface area (Å²) in [5.74, 6) is -0.417. The molecule has 0 unspecified atom stereocenters. The van der Waals surface area contributed by atoms with Gasteiger partial charge >= 0.3 is 0 Å². The molecule has 7 heteroatoms. The van der Waals surface area contributed by atoms with Gasteiger partial charge in [-0.2, -0.15) is 0 Å². The van der Waals surface area contributed by atoms with Crippen molar-refractivity contribution in [2.45, 2.75) is 6.92 Å². The molecule has 0 saturated carbocycles. The summed E-state index contributed by atoms with van der Waals surface area (Å²) < 4.78 is 26.7. The van der Waals surface area contributed by atoms with E-state index in [2.05, 4.69) is 21.2 Å². The van der Waals surface area contributed by atoms with Gasteiger partial charge < -0.3 is 5.32 Å². The van der Waals surface area contributed by atoms with E-state index in [1.165, 1.54) is 0 Å². The Kier molecular flexibility index (Phi) is 6.39. The van der Waals surface area contributed by atoms with E-state index in [9.17, 15) is 13.2 Å². The van der Waals surface area contributed by atoms with Gasteiger partial charge in [-0.1, -0.05) is 64.5 Å². The summed E-state index contributed by atoms with van der Waals surface area (Å²) in [6.07, 6.45) is 1.09. The number of benzene rings is 3. The Hall–Kier alpha value is -2.64. The third-order valence-electron chi connectivity index (χ3n) is 4.40. The molecular weight excluding hydrogens is 452 g/mol. The first-order chi connectivity index (χ1) is 13.8. The number of anilines is 2. The Bertz CT molecular complexity index is 1130. The van der Waals surface area contributed by atoms with Crippen LogP contribution in [0, 0.1) is 6.92 Å². The van der Waals surface area contributed by atoms with Crippen LogP contribution in [0.15, 0.2) is 77.3 Å². The van der Waals surface area contributed by atoms with Gasteiger partial charge in [0, 0.05) is 15.7 Å². The van der Waals surface area contributed by atoms with E-state index in [4.69, 9.17) is 0 Å². The van der Waals surface area contributed by atoms with Gasteiger partial charge in [0.15, 0.2) is 0 Å². The van der Waals surface area contributed by atoms with E-state index < -0.39 is 15.9 Å². The molecule has 0 aliphatic carbocycles. The summed E-state index contributed by atoms with van der Waals surface area (Å²) in [5, 5.41) is 2.85. The molecular formula is C22H21BrN2O3S. The van der Waals surface area contributed by atoms with Crippen molar-refractivity contribution in [1.82, 2.24) is 0 Å². The molecule has 0 radical (unpaired) electrons. The predicted molar refractivity (Wildman–Crippen MR) is 122 cm³/mol. The molecule has 3 rings (SSSR count). The zero-order valence-electron chi connectivity index (χ0n) is 16.1. The maximum Gasteiger partial charge on any atom is 0.245 e. The first-order valence-corrected chi connectivity index (χ1v) is 11.6. The molecule has 5 nitrogen and oxygen atoms in total.